The molecule has 112 valence electrons. The predicted octanol–water partition coefficient (Wildman–Crippen LogP) is 1.02. The third kappa shape index (κ3) is 4.59. The van der Waals surface area contributed by atoms with Gasteiger partial charge in [0.15, 0.2) is 0 Å². The quantitative estimate of drug-likeness (QED) is 0.772. The number of sulfonamides is 1. The zero-order valence-electron chi connectivity index (χ0n) is 11.2. The molecule has 0 aliphatic carbocycles. The fraction of sp³-hybridized carbons (Fsp3) is 0.250. The van der Waals surface area contributed by atoms with Crippen molar-refractivity contribution < 1.29 is 13.2 Å². The van der Waals surface area contributed by atoms with Gasteiger partial charge in [-0.15, -0.1) is 10.2 Å². The largest absolute Gasteiger partial charge is 0.301 e. The summed E-state index contributed by atoms with van der Waals surface area (Å²) in [6, 6.07) is 9.54. The van der Waals surface area contributed by atoms with E-state index >= 15 is 0 Å². The molecule has 1 heterocycles. The summed E-state index contributed by atoms with van der Waals surface area (Å²) in [5.74, 6) is -0.327. The van der Waals surface area contributed by atoms with Crippen LogP contribution >= 0.6 is 11.3 Å². The average Bonchev–Trinajstić information content (AvgIpc) is 2.88. The highest BCUT2D eigenvalue weighted by atomic mass is 32.2. The predicted molar refractivity (Wildman–Crippen MR) is 79.5 cm³/mol. The van der Waals surface area contributed by atoms with E-state index in [2.05, 4.69) is 20.2 Å². The molecular formula is C12H14N4O3S2. The van der Waals surface area contributed by atoms with E-state index in [0.717, 1.165) is 16.9 Å². The molecule has 1 aromatic carbocycles. The van der Waals surface area contributed by atoms with Gasteiger partial charge in [0.1, 0.15) is 0 Å². The van der Waals surface area contributed by atoms with Crippen LogP contribution in [-0.2, 0) is 21.2 Å². The summed E-state index contributed by atoms with van der Waals surface area (Å²) in [5, 5.41) is 9.73. The number of carbonyl (C=O) groups is 1. The van der Waals surface area contributed by atoms with Gasteiger partial charge >= 0.3 is 0 Å². The Morgan fingerprint density at radius 1 is 1.24 bits per heavy atom. The molecule has 1 amide bonds. The van der Waals surface area contributed by atoms with Crippen molar-refractivity contribution in [3.8, 4) is 0 Å². The van der Waals surface area contributed by atoms with Crippen LogP contribution in [0.4, 0.5) is 5.13 Å². The monoisotopic (exact) mass is 326 g/mol. The second-order valence-electron chi connectivity index (χ2n) is 4.19. The first-order valence-electron chi connectivity index (χ1n) is 6.12. The topological polar surface area (TPSA) is 101 Å². The Balaban J connectivity index is 1.95. The minimum Gasteiger partial charge on any atom is -0.301 e. The number of hydrogen-bond acceptors (Lipinski definition) is 6. The van der Waals surface area contributed by atoms with Crippen molar-refractivity contribution in [2.45, 2.75) is 17.7 Å². The van der Waals surface area contributed by atoms with Crippen LogP contribution in [-0.4, -0.2) is 31.1 Å². The second kappa shape index (κ2) is 6.74. The third-order valence-electron chi connectivity index (χ3n) is 2.47. The maximum absolute atomic E-state index is 12.0. The Hall–Kier alpha value is -1.84. The lowest BCUT2D eigenvalue weighted by molar-refractivity contribution is -0.114. The fourth-order valence-electron chi connectivity index (χ4n) is 1.56. The molecule has 2 aromatic rings. The van der Waals surface area contributed by atoms with Crippen molar-refractivity contribution in [3.05, 3.63) is 35.9 Å². The van der Waals surface area contributed by atoms with E-state index in [1.54, 1.807) is 0 Å². The molecule has 0 aliphatic heterocycles. The summed E-state index contributed by atoms with van der Waals surface area (Å²) < 4.78 is 26.3. The summed E-state index contributed by atoms with van der Waals surface area (Å²) >= 11 is 0.810. The van der Waals surface area contributed by atoms with E-state index in [1.165, 1.54) is 6.92 Å². The van der Waals surface area contributed by atoms with Gasteiger partial charge in [0.05, 0.1) is 0 Å². The van der Waals surface area contributed by atoms with Gasteiger partial charge in [-0.2, -0.15) is 0 Å². The van der Waals surface area contributed by atoms with E-state index in [0.29, 0.717) is 6.42 Å². The number of hydrogen-bond donors (Lipinski definition) is 2. The van der Waals surface area contributed by atoms with Crippen LogP contribution in [0.2, 0.25) is 0 Å². The number of nitrogens with one attached hydrogen (secondary N) is 2. The van der Waals surface area contributed by atoms with Crippen LogP contribution in [0, 0.1) is 0 Å². The maximum Gasteiger partial charge on any atom is 0.269 e. The molecule has 0 fully saturated rings. The van der Waals surface area contributed by atoms with E-state index in [1.807, 2.05) is 30.3 Å². The first kappa shape index (κ1) is 15.5. The molecule has 0 radical (unpaired) electrons. The summed E-state index contributed by atoms with van der Waals surface area (Å²) in [6.45, 7) is 1.58. The van der Waals surface area contributed by atoms with Gasteiger partial charge in [0, 0.05) is 13.5 Å². The molecule has 0 saturated heterocycles. The molecule has 0 aliphatic rings. The zero-order chi connectivity index (χ0) is 15.3. The van der Waals surface area contributed by atoms with Crippen LogP contribution in [0.25, 0.3) is 0 Å². The number of benzene rings is 1. The highest BCUT2D eigenvalue weighted by Gasteiger charge is 2.19. The summed E-state index contributed by atoms with van der Waals surface area (Å²) in [7, 11) is -3.70. The van der Waals surface area contributed by atoms with Crippen LogP contribution in [0.15, 0.2) is 34.7 Å². The molecule has 0 unspecified atom stereocenters. The molecule has 9 heteroatoms. The van der Waals surface area contributed by atoms with Gasteiger partial charge in [-0.25, -0.2) is 13.1 Å². The molecule has 0 saturated carbocycles. The summed E-state index contributed by atoms with van der Waals surface area (Å²) in [6.07, 6.45) is 0.581. The van der Waals surface area contributed by atoms with Crippen molar-refractivity contribution in [1.82, 2.24) is 14.9 Å². The number of carbonyl (C=O) groups excluding carboxylic acids is 1. The lowest BCUT2D eigenvalue weighted by Gasteiger charge is -2.03. The van der Waals surface area contributed by atoms with E-state index in [9.17, 15) is 13.2 Å². The van der Waals surface area contributed by atoms with Crippen LogP contribution < -0.4 is 10.0 Å². The second-order valence-corrected chi connectivity index (χ2v) is 7.11. The van der Waals surface area contributed by atoms with Crippen molar-refractivity contribution in [2.75, 3.05) is 11.9 Å². The molecular weight excluding hydrogens is 312 g/mol. The maximum atomic E-state index is 12.0. The lowest BCUT2D eigenvalue weighted by atomic mass is 10.2. The Bertz CT molecular complexity index is 713. The molecule has 7 nitrogen and oxygen atoms in total. The standard InChI is InChI=1S/C12H14N4O3S2/c1-9(17)14-11-15-16-12(20-11)21(18,19)13-8-7-10-5-3-2-4-6-10/h2-6,13H,7-8H2,1H3,(H,14,15,17). The van der Waals surface area contributed by atoms with Crippen molar-refractivity contribution in [2.24, 2.45) is 0 Å². The van der Waals surface area contributed by atoms with Gasteiger partial charge < -0.3 is 5.32 Å². The van der Waals surface area contributed by atoms with Crippen molar-refractivity contribution >= 4 is 32.4 Å². The molecule has 0 atom stereocenters. The van der Waals surface area contributed by atoms with Crippen LogP contribution in [0.3, 0.4) is 0 Å². The minimum atomic E-state index is -3.70. The van der Waals surface area contributed by atoms with Crippen LogP contribution in [0.1, 0.15) is 12.5 Å². The first-order chi connectivity index (χ1) is 9.97. The number of nitrogens with zero attached hydrogens (tertiary/aromatic N) is 2. The van der Waals surface area contributed by atoms with Gasteiger partial charge in [-0.05, 0) is 12.0 Å². The van der Waals surface area contributed by atoms with Gasteiger partial charge in [-0.1, -0.05) is 41.7 Å². The summed E-state index contributed by atoms with van der Waals surface area (Å²) in [5.41, 5.74) is 1.04. The van der Waals surface area contributed by atoms with Crippen molar-refractivity contribution in [3.63, 3.8) is 0 Å². The third-order valence-corrected chi connectivity index (χ3v) is 5.14. The number of rotatable bonds is 6. The minimum absolute atomic E-state index is 0.158. The SMILES string of the molecule is CC(=O)Nc1nnc(S(=O)(=O)NCCc2ccccc2)s1. The molecule has 2 rings (SSSR count). The van der Waals surface area contributed by atoms with Crippen LogP contribution in [0.5, 0.6) is 0 Å². The highest BCUT2D eigenvalue weighted by Crippen LogP contribution is 2.19. The Labute approximate surface area is 126 Å². The van der Waals surface area contributed by atoms with Gasteiger partial charge in [-0.3, -0.25) is 4.79 Å². The zero-order valence-corrected chi connectivity index (χ0v) is 12.9. The lowest BCUT2D eigenvalue weighted by Crippen LogP contribution is -2.25. The molecule has 2 N–H and O–H groups in total. The average molecular weight is 326 g/mol. The van der Waals surface area contributed by atoms with E-state index in [-0.39, 0.29) is 21.9 Å². The first-order valence-corrected chi connectivity index (χ1v) is 8.42. The van der Waals surface area contributed by atoms with Gasteiger partial charge in [0.25, 0.3) is 10.0 Å². The number of amides is 1. The van der Waals surface area contributed by atoms with Crippen molar-refractivity contribution in [1.29, 1.82) is 0 Å². The van der Waals surface area contributed by atoms with Gasteiger partial charge in [0.2, 0.25) is 15.4 Å². The Morgan fingerprint density at radius 2 is 1.95 bits per heavy atom. The number of anilines is 1. The Kier molecular flexibility index (Phi) is 4.99. The molecule has 21 heavy (non-hydrogen) atoms. The normalized spacial score (nSPS) is 11.3. The number of aromatic nitrogens is 2. The molecule has 1 aromatic heterocycles. The Morgan fingerprint density at radius 3 is 2.62 bits per heavy atom. The summed E-state index contributed by atoms with van der Waals surface area (Å²) in [4.78, 5) is 10.9. The molecule has 0 spiro atoms. The highest BCUT2D eigenvalue weighted by molar-refractivity contribution is 7.91. The van der Waals surface area contributed by atoms with E-state index < -0.39 is 10.0 Å². The van der Waals surface area contributed by atoms with E-state index in [4.69, 9.17) is 0 Å². The smallest absolute Gasteiger partial charge is 0.269 e. The fourth-order valence-corrected chi connectivity index (χ4v) is 3.57. The molecule has 0 bridgehead atoms.